The normalized spacial score (nSPS) is 35.9. The largest absolute Gasteiger partial charge is 0.480 e. The number of carbonyl (C=O) groups is 1. The molecule has 8 heteroatoms. The standard InChI is InChI=1S/C21H36O8/c22-21(23)15-27-16-13-28-19-7-3-1-5-17(19)25-11-9-24-10-12-26-18-6-2-4-8-20(18)29-14-16/h16-20H,1-15H2,(H,22,23). The van der Waals surface area contributed by atoms with Crippen molar-refractivity contribution in [2.75, 3.05) is 46.2 Å². The average Bonchev–Trinajstić information content (AvgIpc) is 2.73. The molecule has 0 spiro atoms. The third-order valence-electron chi connectivity index (χ3n) is 5.84. The van der Waals surface area contributed by atoms with Gasteiger partial charge < -0.3 is 33.5 Å². The highest BCUT2D eigenvalue weighted by molar-refractivity contribution is 5.68. The molecular weight excluding hydrogens is 380 g/mol. The molecule has 4 atom stereocenters. The van der Waals surface area contributed by atoms with E-state index in [1.54, 1.807) is 0 Å². The molecular formula is C21H36O8. The van der Waals surface area contributed by atoms with Crippen LogP contribution in [-0.2, 0) is 33.2 Å². The van der Waals surface area contributed by atoms with Crippen molar-refractivity contribution < 1.29 is 38.3 Å². The van der Waals surface area contributed by atoms with Crippen molar-refractivity contribution in [2.24, 2.45) is 0 Å². The lowest BCUT2D eigenvalue weighted by Gasteiger charge is -2.34. The molecule has 1 aliphatic heterocycles. The van der Waals surface area contributed by atoms with Gasteiger partial charge in [0.05, 0.1) is 64.1 Å². The molecule has 3 aliphatic rings. The number of fused-ring (bicyclic) bond motifs is 2. The summed E-state index contributed by atoms with van der Waals surface area (Å²) >= 11 is 0. The van der Waals surface area contributed by atoms with E-state index < -0.39 is 12.1 Å². The molecule has 1 N–H and O–H groups in total. The Hall–Kier alpha value is -0.770. The highest BCUT2D eigenvalue weighted by Gasteiger charge is 2.30. The van der Waals surface area contributed by atoms with E-state index >= 15 is 0 Å². The van der Waals surface area contributed by atoms with Crippen LogP contribution in [0.1, 0.15) is 51.4 Å². The fraction of sp³-hybridized carbons (Fsp3) is 0.952. The van der Waals surface area contributed by atoms with Crippen LogP contribution in [-0.4, -0.2) is 87.8 Å². The summed E-state index contributed by atoms with van der Waals surface area (Å²) in [5.41, 5.74) is 0. The first kappa shape index (κ1) is 22.9. The first-order valence-electron chi connectivity index (χ1n) is 11.1. The SMILES string of the molecule is O=C(O)COC1COC2CCCCC2OCCOCCOC2CCCCC2OC1. The van der Waals surface area contributed by atoms with E-state index in [2.05, 4.69) is 0 Å². The summed E-state index contributed by atoms with van der Waals surface area (Å²) in [5.74, 6) is -0.991. The van der Waals surface area contributed by atoms with Crippen LogP contribution in [0.4, 0.5) is 0 Å². The summed E-state index contributed by atoms with van der Waals surface area (Å²) in [7, 11) is 0. The van der Waals surface area contributed by atoms with E-state index in [9.17, 15) is 4.79 Å². The van der Waals surface area contributed by atoms with E-state index in [4.69, 9.17) is 33.5 Å². The first-order chi connectivity index (χ1) is 14.2. The van der Waals surface area contributed by atoms with Gasteiger partial charge in [-0.2, -0.15) is 0 Å². The van der Waals surface area contributed by atoms with E-state index in [1.807, 2.05) is 0 Å². The smallest absolute Gasteiger partial charge is 0.329 e. The van der Waals surface area contributed by atoms with Gasteiger partial charge in [-0.05, 0) is 25.7 Å². The summed E-state index contributed by atoms with van der Waals surface area (Å²) < 4.78 is 35.5. The zero-order chi connectivity index (χ0) is 20.3. The Balaban J connectivity index is 1.60. The molecule has 0 aromatic carbocycles. The molecule has 0 aromatic heterocycles. The zero-order valence-corrected chi connectivity index (χ0v) is 17.3. The Kier molecular flexibility index (Phi) is 10.1. The van der Waals surface area contributed by atoms with Gasteiger partial charge in [-0.3, -0.25) is 0 Å². The minimum atomic E-state index is -0.991. The maximum absolute atomic E-state index is 11.0. The molecule has 8 nitrogen and oxygen atoms in total. The van der Waals surface area contributed by atoms with Crippen molar-refractivity contribution in [2.45, 2.75) is 81.9 Å². The molecule has 29 heavy (non-hydrogen) atoms. The highest BCUT2D eigenvalue weighted by Crippen LogP contribution is 2.26. The Labute approximate surface area is 173 Å². The minimum Gasteiger partial charge on any atom is -0.480 e. The second-order valence-electron chi connectivity index (χ2n) is 8.07. The summed E-state index contributed by atoms with van der Waals surface area (Å²) in [6.07, 6.45) is 7.95. The van der Waals surface area contributed by atoms with Crippen LogP contribution >= 0.6 is 0 Å². The minimum absolute atomic E-state index is 0.00153. The predicted octanol–water partition coefficient (Wildman–Crippen LogP) is 2.18. The second kappa shape index (κ2) is 12.8. The number of carboxylic acids is 1. The van der Waals surface area contributed by atoms with Gasteiger partial charge in [0.1, 0.15) is 12.7 Å². The van der Waals surface area contributed by atoms with Gasteiger partial charge in [-0.1, -0.05) is 25.7 Å². The Morgan fingerprint density at radius 2 is 1.17 bits per heavy atom. The van der Waals surface area contributed by atoms with Crippen LogP contribution in [0.15, 0.2) is 0 Å². The molecule has 0 radical (unpaired) electrons. The van der Waals surface area contributed by atoms with Gasteiger partial charge in [-0.25, -0.2) is 4.79 Å². The molecule has 0 amide bonds. The molecule has 168 valence electrons. The summed E-state index contributed by atoms with van der Waals surface area (Å²) in [5, 5.41) is 9.00. The van der Waals surface area contributed by atoms with Crippen LogP contribution in [0, 0.1) is 0 Å². The van der Waals surface area contributed by atoms with Gasteiger partial charge in [0.25, 0.3) is 0 Å². The molecule has 2 aliphatic carbocycles. The average molecular weight is 417 g/mol. The van der Waals surface area contributed by atoms with Crippen LogP contribution in [0.3, 0.4) is 0 Å². The number of ether oxygens (including phenoxy) is 6. The first-order valence-corrected chi connectivity index (χ1v) is 11.1. The maximum atomic E-state index is 11.0. The molecule has 4 unspecified atom stereocenters. The van der Waals surface area contributed by atoms with Gasteiger partial charge in [0.2, 0.25) is 0 Å². The van der Waals surface area contributed by atoms with Crippen molar-refractivity contribution in [1.29, 1.82) is 0 Å². The van der Waals surface area contributed by atoms with E-state index in [-0.39, 0.29) is 31.0 Å². The lowest BCUT2D eigenvalue weighted by atomic mass is 9.94. The van der Waals surface area contributed by atoms with Gasteiger partial charge in [0.15, 0.2) is 0 Å². The van der Waals surface area contributed by atoms with Crippen LogP contribution in [0.5, 0.6) is 0 Å². The van der Waals surface area contributed by atoms with Crippen molar-refractivity contribution in [3.8, 4) is 0 Å². The monoisotopic (exact) mass is 416 g/mol. The lowest BCUT2D eigenvalue weighted by molar-refractivity contribution is -0.165. The predicted molar refractivity (Wildman–Crippen MR) is 104 cm³/mol. The number of rotatable bonds is 3. The van der Waals surface area contributed by atoms with E-state index in [1.165, 1.54) is 0 Å². The van der Waals surface area contributed by atoms with Crippen LogP contribution < -0.4 is 0 Å². The Morgan fingerprint density at radius 3 is 1.62 bits per heavy atom. The molecule has 3 rings (SSSR count). The lowest BCUT2D eigenvalue weighted by Crippen LogP contribution is -2.41. The Morgan fingerprint density at radius 1 is 0.724 bits per heavy atom. The van der Waals surface area contributed by atoms with Crippen molar-refractivity contribution in [3.63, 3.8) is 0 Å². The van der Waals surface area contributed by atoms with Crippen LogP contribution in [0.25, 0.3) is 0 Å². The Bertz CT molecular complexity index is 442. The fourth-order valence-corrected chi connectivity index (χ4v) is 4.30. The number of aliphatic carboxylic acids is 1. The number of hydrogen-bond acceptors (Lipinski definition) is 7. The molecule has 2 saturated carbocycles. The van der Waals surface area contributed by atoms with E-state index in [0.717, 1.165) is 51.4 Å². The highest BCUT2D eigenvalue weighted by atomic mass is 16.6. The number of hydrogen-bond donors (Lipinski definition) is 1. The molecule has 1 heterocycles. The molecule has 1 saturated heterocycles. The second-order valence-corrected chi connectivity index (χ2v) is 8.07. The maximum Gasteiger partial charge on any atom is 0.329 e. The van der Waals surface area contributed by atoms with Crippen LogP contribution in [0.2, 0.25) is 0 Å². The third-order valence-corrected chi connectivity index (χ3v) is 5.84. The molecule has 0 bridgehead atoms. The van der Waals surface area contributed by atoms with Gasteiger partial charge in [0, 0.05) is 0 Å². The summed E-state index contributed by atoms with van der Waals surface area (Å²) in [6.45, 7) is 2.41. The van der Waals surface area contributed by atoms with Gasteiger partial charge >= 0.3 is 5.97 Å². The van der Waals surface area contributed by atoms with Crippen molar-refractivity contribution in [1.82, 2.24) is 0 Å². The third kappa shape index (κ3) is 8.11. The quantitative estimate of drug-likeness (QED) is 0.748. The molecule has 3 fully saturated rings. The van der Waals surface area contributed by atoms with Crippen molar-refractivity contribution >= 4 is 5.97 Å². The summed E-state index contributed by atoms with van der Waals surface area (Å²) in [4.78, 5) is 11.0. The fourth-order valence-electron chi connectivity index (χ4n) is 4.30. The summed E-state index contributed by atoms with van der Waals surface area (Å²) in [6, 6.07) is 0. The van der Waals surface area contributed by atoms with Gasteiger partial charge in [-0.15, -0.1) is 0 Å². The van der Waals surface area contributed by atoms with Crippen molar-refractivity contribution in [3.05, 3.63) is 0 Å². The van der Waals surface area contributed by atoms with E-state index in [0.29, 0.717) is 39.6 Å². The zero-order valence-electron chi connectivity index (χ0n) is 17.3. The topological polar surface area (TPSA) is 92.7 Å². The number of carboxylic acid groups (broad SMARTS) is 1. The molecule has 0 aromatic rings.